The Labute approximate surface area is 163 Å². The third kappa shape index (κ3) is 4.85. The molecule has 0 unspecified atom stereocenters. The molecule has 0 atom stereocenters. The zero-order valence-corrected chi connectivity index (χ0v) is 17.1. The highest BCUT2D eigenvalue weighted by Crippen LogP contribution is 2.27. The Morgan fingerprint density at radius 1 is 1.12 bits per heavy atom. The summed E-state index contributed by atoms with van der Waals surface area (Å²) in [5.41, 5.74) is 2.16. The van der Waals surface area contributed by atoms with Gasteiger partial charge in [0.25, 0.3) is 0 Å². The van der Waals surface area contributed by atoms with Crippen LogP contribution in [-0.4, -0.2) is 33.5 Å². The van der Waals surface area contributed by atoms with Crippen molar-refractivity contribution in [3.8, 4) is 5.75 Å². The van der Waals surface area contributed by atoms with Crippen LogP contribution >= 0.6 is 15.9 Å². The second kappa shape index (κ2) is 8.52. The van der Waals surface area contributed by atoms with Crippen LogP contribution in [0, 0.1) is 0 Å². The summed E-state index contributed by atoms with van der Waals surface area (Å²) in [6, 6.07) is 13.0. The first kappa shape index (κ1) is 19.4. The highest BCUT2D eigenvalue weighted by molar-refractivity contribution is 9.10. The van der Waals surface area contributed by atoms with Crippen molar-refractivity contribution in [1.29, 1.82) is 0 Å². The Bertz CT molecular complexity index is 865. The van der Waals surface area contributed by atoms with Gasteiger partial charge in [-0.3, -0.25) is 4.90 Å². The molecule has 26 heavy (non-hydrogen) atoms. The Kier molecular flexibility index (Phi) is 6.34. The van der Waals surface area contributed by atoms with Crippen LogP contribution in [0.25, 0.3) is 0 Å². The molecule has 1 aliphatic heterocycles. The van der Waals surface area contributed by atoms with Crippen LogP contribution in [0.15, 0.2) is 51.8 Å². The van der Waals surface area contributed by atoms with Gasteiger partial charge in [0.15, 0.2) is 0 Å². The number of hydrogen-bond acceptors (Lipinski definition) is 4. The fourth-order valence-corrected chi connectivity index (χ4v) is 4.88. The van der Waals surface area contributed by atoms with Gasteiger partial charge in [0.1, 0.15) is 10.6 Å². The fourth-order valence-electron chi connectivity index (χ4n) is 3.15. The van der Waals surface area contributed by atoms with E-state index in [1.165, 1.54) is 25.5 Å². The summed E-state index contributed by atoms with van der Waals surface area (Å²) in [7, 11) is -2.21. The molecular formula is C19H23BrN2O3S. The van der Waals surface area contributed by atoms with Crippen molar-refractivity contribution in [3.05, 3.63) is 58.1 Å². The average molecular weight is 439 g/mol. The van der Waals surface area contributed by atoms with Gasteiger partial charge >= 0.3 is 0 Å². The van der Waals surface area contributed by atoms with Gasteiger partial charge in [0.2, 0.25) is 10.0 Å². The highest BCUT2D eigenvalue weighted by Gasteiger charge is 2.20. The lowest BCUT2D eigenvalue weighted by atomic mass is 10.1. The maximum Gasteiger partial charge on any atom is 0.244 e. The third-order valence-corrected chi connectivity index (χ3v) is 6.39. The number of sulfonamides is 1. The van der Waals surface area contributed by atoms with E-state index in [0.29, 0.717) is 10.2 Å². The Hall–Kier alpha value is -1.41. The summed E-state index contributed by atoms with van der Waals surface area (Å²) in [4.78, 5) is 2.55. The van der Waals surface area contributed by atoms with Crippen LogP contribution in [0.5, 0.6) is 5.75 Å². The van der Waals surface area contributed by atoms with E-state index in [-0.39, 0.29) is 11.4 Å². The number of halogens is 1. The molecular weight excluding hydrogens is 416 g/mol. The van der Waals surface area contributed by atoms with Crippen LogP contribution in [0.3, 0.4) is 0 Å². The van der Waals surface area contributed by atoms with E-state index in [0.717, 1.165) is 25.2 Å². The standard InChI is InChI=1S/C19H23BrN2O3S/c1-25-18-8-7-17(20)12-19(18)26(23,24)21-13-15-5-4-6-16(11-15)14-22-9-2-3-10-22/h4-8,11-12,21H,2-3,9-10,13-14H2,1H3. The van der Waals surface area contributed by atoms with E-state index < -0.39 is 10.0 Å². The normalized spacial score (nSPS) is 15.3. The van der Waals surface area contributed by atoms with E-state index >= 15 is 0 Å². The number of benzene rings is 2. The van der Waals surface area contributed by atoms with Crippen LogP contribution < -0.4 is 9.46 Å². The number of likely N-dealkylation sites (tertiary alicyclic amines) is 1. The Morgan fingerprint density at radius 2 is 1.85 bits per heavy atom. The molecule has 1 fully saturated rings. The van der Waals surface area contributed by atoms with Crippen molar-refractivity contribution < 1.29 is 13.2 Å². The zero-order chi connectivity index (χ0) is 18.6. The molecule has 1 heterocycles. The summed E-state index contributed by atoms with van der Waals surface area (Å²) in [5.74, 6) is 0.323. The van der Waals surface area contributed by atoms with Gasteiger partial charge < -0.3 is 4.74 Å². The summed E-state index contributed by atoms with van der Waals surface area (Å²) < 4.78 is 33.9. The van der Waals surface area contributed by atoms with Crippen LogP contribution in [0.4, 0.5) is 0 Å². The van der Waals surface area contributed by atoms with Crippen LogP contribution in [0.1, 0.15) is 24.0 Å². The van der Waals surface area contributed by atoms with E-state index in [1.54, 1.807) is 18.2 Å². The lowest BCUT2D eigenvalue weighted by Gasteiger charge is -2.15. The maximum absolute atomic E-state index is 12.7. The SMILES string of the molecule is COc1ccc(Br)cc1S(=O)(=O)NCc1cccc(CN2CCCC2)c1. The molecule has 3 rings (SSSR count). The summed E-state index contributed by atoms with van der Waals surface area (Å²) in [6.45, 7) is 3.44. The van der Waals surface area contributed by atoms with Crippen molar-refractivity contribution in [1.82, 2.24) is 9.62 Å². The molecule has 1 N–H and O–H groups in total. The quantitative estimate of drug-likeness (QED) is 0.717. The van der Waals surface area contributed by atoms with Crippen molar-refractivity contribution in [2.45, 2.75) is 30.8 Å². The molecule has 0 saturated carbocycles. The van der Waals surface area contributed by atoms with Crippen molar-refractivity contribution in [3.63, 3.8) is 0 Å². The third-order valence-electron chi connectivity index (χ3n) is 4.48. The minimum atomic E-state index is -3.67. The molecule has 140 valence electrons. The Balaban J connectivity index is 1.71. The second-order valence-electron chi connectivity index (χ2n) is 6.42. The lowest BCUT2D eigenvalue weighted by molar-refractivity contribution is 0.331. The predicted molar refractivity (Wildman–Crippen MR) is 106 cm³/mol. The molecule has 5 nitrogen and oxygen atoms in total. The molecule has 0 aliphatic carbocycles. The summed E-state index contributed by atoms with van der Waals surface area (Å²) in [6.07, 6.45) is 2.52. The molecule has 1 saturated heterocycles. The van der Waals surface area contributed by atoms with Crippen LogP contribution in [-0.2, 0) is 23.1 Å². The minimum Gasteiger partial charge on any atom is -0.495 e. The largest absolute Gasteiger partial charge is 0.495 e. The summed E-state index contributed by atoms with van der Waals surface area (Å²) >= 11 is 3.31. The molecule has 0 spiro atoms. The monoisotopic (exact) mass is 438 g/mol. The van der Waals surface area contributed by atoms with Crippen molar-refractivity contribution in [2.75, 3.05) is 20.2 Å². The van der Waals surface area contributed by atoms with Gasteiger partial charge in [-0.2, -0.15) is 0 Å². The fraction of sp³-hybridized carbons (Fsp3) is 0.368. The number of nitrogens with one attached hydrogen (secondary N) is 1. The number of methoxy groups -OCH3 is 1. The van der Waals surface area contributed by atoms with Gasteiger partial charge in [0.05, 0.1) is 7.11 Å². The average Bonchev–Trinajstić information content (AvgIpc) is 3.13. The second-order valence-corrected chi connectivity index (χ2v) is 9.07. The van der Waals surface area contributed by atoms with E-state index in [1.807, 2.05) is 12.1 Å². The van der Waals surface area contributed by atoms with Gasteiger partial charge in [-0.15, -0.1) is 0 Å². The summed E-state index contributed by atoms with van der Waals surface area (Å²) in [5, 5.41) is 0. The number of ether oxygens (including phenoxy) is 1. The predicted octanol–water partition coefficient (Wildman–Crippen LogP) is 3.53. The molecule has 0 amide bonds. The first-order valence-electron chi connectivity index (χ1n) is 8.61. The van der Waals surface area contributed by atoms with Gasteiger partial charge in [0, 0.05) is 17.6 Å². The molecule has 2 aromatic rings. The minimum absolute atomic E-state index is 0.127. The van der Waals surface area contributed by atoms with Gasteiger partial charge in [-0.1, -0.05) is 40.2 Å². The Morgan fingerprint density at radius 3 is 2.58 bits per heavy atom. The lowest BCUT2D eigenvalue weighted by Crippen LogP contribution is -2.24. The van der Waals surface area contributed by atoms with Crippen molar-refractivity contribution in [2.24, 2.45) is 0 Å². The maximum atomic E-state index is 12.7. The van der Waals surface area contributed by atoms with E-state index in [9.17, 15) is 8.42 Å². The molecule has 0 radical (unpaired) electrons. The number of nitrogens with zero attached hydrogens (tertiary/aromatic N) is 1. The highest BCUT2D eigenvalue weighted by atomic mass is 79.9. The van der Waals surface area contributed by atoms with E-state index in [4.69, 9.17) is 4.74 Å². The molecule has 0 bridgehead atoms. The molecule has 1 aliphatic rings. The number of hydrogen-bond donors (Lipinski definition) is 1. The van der Waals surface area contributed by atoms with E-state index in [2.05, 4.69) is 37.7 Å². The smallest absolute Gasteiger partial charge is 0.244 e. The first-order valence-corrected chi connectivity index (χ1v) is 10.9. The van der Waals surface area contributed by atoms with Crippen LogP contribution in [0.2, 0.25) is 0 Å². The number of rotatable bonds is 7. The zero-order valence-electron chi connectivity index (χ0n) is 14.7. The van der Waals surface area contributed by atoms with Crippen molar-refractivity contribution >= 4 is 26.0 Å². The molecule has 2 aromatic carbocycles. The van der Waals surface area contributed by atoms with Gasteiger partial charge in [-0.25, -0.2) is 13.1 Å². The molecule has 0 aromatic heterocycles. The van der Waals surface area contributed by atoms with Gasteiger partial charge in [-0.05, 0) is 55.3 Å². The first-order chi connectivity index (χ1) is 12.5. The topological polar surface area (TPSA) is 58.6 Å². The molecule has 7 heteroatoms.